The minimum Gasteiger partial charge on any atom is -0.494 e. The maximum Gasteiger partial charge on any atom is 0.305 e. The molecule has 0 bridgehead atoms. The Hall–Kier alpha value is -1.55. The number of methoxy groups -OCH3 is 1. The summed E-state index contributed by atoms with van der Waals surface area (Å²) >= 11 is 0. The average Bonchev–Trinajstić information content (AvgIpc) is 2.50. The van der Waals surface area contributed by atoms with Gasteiger partial charge in [-0.25, -0.2) is 0 Å². The molecule has 118 valence electrons. The number of unbranched alkanes of at least 4 members (excludes halogenated alkanes) is 2. The van der Waals surface area contributed by atoms with Crippen molar-refractivity contribution in [2.75, 3.05) is 20.8 Å². The average molecular weight is 293 g/mol. The van der Waals surface area contributed by atoms with Crippen LogP contribution in [0.5, 0.6) is 5.75 Å². The molecule has 21 heavy (non-hydrogen) atoms. The van der Waals surface area contributed by atoms with Crippen LogP contribution in [0.4, 0.5) is 0 Å². The molecular weight excluding hydrogens is 266 g/mol. The zero-order valence-corrected chi connectivity index (χ0v) is 13.4. The second-order valence-electron chi connectivity index (χ2n) is 5.28. The molecule has 0 aliphatic rings. The van der Waals surface area contributed by atoms with Gasteiger partial charge in [0.15, 0.2) is 0 Å². The molecule has 0 aliphatic carbocycles. The summed E-state index contributed by atoms with van der Waals surface area (Å²) in [5.41, 5.74) is 1.28. The zero-order chi connectivity index (χ0) is 15.5. The molecular formula is C17H27NO3. The van der Waals surface area contributed by atoms with Crippen molar-refractivity contribution in [2.45, 2.75) is 45.1 Å². The molecule has 0 heterocycles. The van der Waals surface area contributed by atoms with Gasteiger partial charge in [0.05, 0.1) is 13.7 Å². The van der Waals surface area contributed by atoms with Gasteiger partial charge in [-0.3, -0.25) is 4.79 Å². The summed E-state index contributed by atoms with van der Waals surface area (Å²) in [5, 5.41) is 3.23. The fraction of sp³-hybridized carbons (Fsp3) is 0.588. The highest BCUT2D eigenvalue weighted by Gasteiger charge is 2.03. The topological polar surface area (TPSA) is 47.6 Å². The Balaban J connectivity index is 2.23. The summed E-state index contributed by atoms with van der Waals surface area (Å²) in [6.07, 6.45) is 4.27. The molecule has 1 rings (SSSR count). The number of rotatable bonds is 10. The molecule has 0 aliphatic heterocycles. The first-order chi connectivity index (χ1) is 10.2. The first kappa shape index (κ1) is 17.5. The SMILES string of the molecule is CN[C@@H](C)Cc1cccc(OCCCCCC(=O)OC)c1. The minimum absolute atomic E-state index is 0.137. The third kappa shape index (κ3) is 7.71. The van der Waals surface area contributed by atoms with E-state index in [1.54, 1.807) is 0 Å². The molecule has 1 N–H and O–H groups in total. The van der Waals surface area contributed by atoms with Crippen LogP contribution in [0.25, 0.3) is 0 Å². The molecule has 0 saturated carbocycles. The number of hydrogen-bond acceptors (Lipinski definition) is 4. The molecule has 0 aromatic heterocycles. The van der Waals surface area contributed by atoms with E-state index in [1.165, 1.54) is 12.7 Å². The fourth-order valence-electron chi connectivity index (χ4n) is 2.06. The summed E-state index contributed by atoms with van der Waals surface area (Å²) in [6.45, 7) is 2.85. The van der Waals surface area contributed by atoms with Gasteiger partial charge in [0.1, 0.15) is 5.75 Å². The quantitative estimate of drug-likeness (QED) is 0.532. The van der Waals surface area contributed by atoms with Crippen LogP contribution in [0.1, 0.15) is 38.2 Å². The van der Waals surface area contributed by atoms with E-state index in [2.05, 4.69) is 29.1 Å². The summed E-state index contributed by atoms with van der Waals surface area (Å²) < 4.78 is 10.4. The Morgan fingerprint density at radius 1 is 1.29 bits per heavy atom. The lowest BCUT2D eigenvalue weighted by molar-refractivity contribution is -0.140. The molecule has 0 fully saturated rings. The van der Waals surface area contributed by atoms with Gasteiger partial charge in [0, 0.05) is 12.5 Å². The smallest absolute Gasteiger partial charge is 0.305 e. The van der Waals surface area contributed by atoms with E-state index in [0.29, 0.717) is 19.1 Å². The molecule has 0 spiro atoms. The first-order valence-corrected chi connectivity index (χ1v) is 7.61. The van der Waals surface area contributed by atoms with Crippen LogP contribution in [0.3, 0.4) is 0 Å². The highest BCUT2D eigenvalue weighted by atomic mass is 16.5. The largest absolute Gasteiger partial charge is 0.494 e. The van der Waals surface area contributed by atoms with E-state index in [-0.39, 0.29) is 5.97 Å². The molecule has 4 nitrogen and oxygen atoms in total. The van der Waals surface area contributed by atoms with Crippen molar-refractivity contribution >= 4 is 5.97 Å². The molecule has 0 unspecified atom stereocenters. The Morgan fingerprint density at radius 3 is 2.81 bits per heavy atom. The Kier molecular flexibility index (Phi) is 8.51. The van der Waals surface area contributed by atoms with Crippen LogP contribution in [-0.4, -0.2) is 32.8 Å². The predicted octanol–water partition coefficient (Wildman–Crippen LogP) is 2.95. The van der Waals surface area contributed by atoms with Crippen LogP contribution < -0.4 is 10.1 Å². The van der Waals surface area contributed by atoms with Crippen molar-refractivity contribution in [1.29, 1.82) is 0 Å². The minimum atomic E-state index is -0.137. The summed E-state index contributed by atoms with van der Waals surface area (Å²) in [5.74, 6) is 0.783. The van der Waals surface area contributed by atoms with Crippen LogP contribution >= 0.6 is 0 Å². The van der Waals surface area contributed by atoms with E-state index >= 15 is 0 Å². The summed E-state index contributed by atoms with van der Waals surface area (Å²) in [7, 11) is 3.40. The van der Waals surface area contributed by atoms with E-state index in [4.69, 9.17) is 4.74 Å². The van der Waals surface area contributed by atoms with Crippen LogP contribution in [0.2, 0.25) is 0 Å². The summed E-state index contributed by atoms with van der Waals surface area (Å²) in [4.78, 5) is 11.0. The van der Waals surface area contributed by atoms with Crippen molar-refractivity contribution in [3.63, 3.8) is 0 Å². The number of carbonyl (C=O) groups is 1. The number of carbonyl (C=O) groups excluding carboxylic acids is 1. The van der Waals surface area contributed by atoms with Gasteiger partial charge >= 0.3 is 5.97 Å². The molecule has 1 aromatic rings. The number of nitrogens with one attached hydrogen (secondary N) is 1. The number of likely N-dealkylation sites (N-methyl/N-ethyl adjacent to an activating group) is 1. The Bertz CT molecular complexity index is 420. The van der Waals surface area contributed by atoms with Crippen molar-refractivity contribution in [3.8, 4) is 5.75 Å². The number of esters is 1. The number of benzene rings is 1. The maximum atomic E-state index is 11.0. The Morgan fingerprint density at radius 2 is 2.10 bits per heavy atom. The molecule has 0 radical (unpaired) electrons. The lowest BCUT2D eigenvalue weighted by Crippen LogP contribution is -2.23. The third-order valence-electron chi connectivity index (χ3n) is 3.45. The van der Waals surface area contributed by atoms with E-state index < -0.39 is 0 Å². The van der Waals surface area contributed by atoms with E-state index in [1.807, 2.05) is 19.2 Å². The van der Waals surface area contributed by atoms with Gasteiger partial charge in [-0.15, -0.1) is 0 Å². The number of ether oxygens (including phenoxy) is 2. The van der Waals surface area contributed by atoms with Gasteiger partial charge in [0.25, 0.3) is 0 Å². The van der Waals surface area contributed by atoms with Crippen LogP contribution in [0, 0.1) is 0 Å². The van der Waals surface area contributed by atoms with Crippen molar-refractivity contribution < 1.29 is 14.3 Å². The Labute approximate surface area is 127 Å². The second-order valence-corrected chi connectivity index (χ2v) is 5.28. The number of hydrogen-bond donors (Lipinski definition) is 1. The normalized spacial score (nSPS) is 12.0. The molecule has 0 saturated heterocycles. The molecule has 4 heteroatoms. The van der Waals surface area contributed by atoms with Gasteiger partial charge in [-0.1, -0.05) is 12.1 Å². The highest BCUT2D eigenvalue weighted by Crippen LogP contribution is 2.15. The predicted molar refractivity (Wildman–Crippen MR) is 84.6 cm³/mol. The highest BCUT2D eigenvalue weighted by molar-refractivity contribution is 5.68. The van der Waals surface area contributed by atoms with Gasteiger partial charge in [-0.2, -0.15) is 0 Å². The second kappa shape index (κ2) is 10.2. The molecule has 0 amide bonds. The van der Waals surface area contributed by atoms with Crippen molar-refractivity contribution in [1.82, 2.24) is 5.32 Å². The van der Waals surface area contributed by atoms with Crippen LogP contribution in [-0.2, 0) is 16.0 Å². The van der Waals surface area contributed by atoms with E-state index in [0.717, 1.165) is 31.4 Å². The molecule has 1 aromatic carbocycles. The van der Waals surface area contributed by atoms with Crippen LogP contribution in [0.15, 0.2) is 24.3 Å². The lowest BCUT2D eigenvalue weighted by Gasteiger charge is -2.11. The first-order valence-electron chi connectivity index (χ1n) is 7.61. The van der Waals surface area contributed by atoms with Gasteiger partial charge in [0.2, 0.25) is 0 Å². The van der Waals surface area contributed by atoms with Crippen molar-refractivity contribution in [3.05, 3.63) is 29.8 Å². The standard InChI is InChI=1S/C17H27NO3/c1-14(18-2)12-15-8-7-9-16(13-15)21-11-6-4-5-10-17(19)20-3/h7-9,13-14,18H,4-6,10-12H2,1-3H3/t14-/m0/s1. The molecule has 1 atom stereocenters. The fourth-order valence-corrected chi connectivity index (χ4v) is 2.06. The summed E-state index contributed by atoms with van der Waals surface area (Å²) in [6, 6.07) is 8.70. The van der Waals surface area contributed by atoms with Gasteiger partial charge in [-0.05, 0) is 57.4 Å². The monoisotopic (exact) mass is 293 g/mol. The third-order valence-corrected chi connectivity index (χ3v) is 3.45. The van der Waals surface area contributed by atoms with Crippen molar-refractivity contribution in [2.24, 2.45) is 0 Å². The maximum absolute atomic E-state index is 11.0. The zero-order valence-electron chi connectivity index (χ0n) is 13.4. The lowest BCUT2D eigenvalue weighted by atomic mass is 10.1. The van der Waals surface area contributed by atoms with Gasteiger partial charge < -0.3 is 14.8 Å². The van der Waals surface area contributed by atoms with E-state index in [9.17, 15) is 4.79 Å².